The molecular weight excluding hydrogens is 279 g/mol. The van der Waals surface area contributed by atoms with Crippen molar-refractivity contribution < 1.29 is 14.1 Å². The van der Waals surface area contributed by atoms with E-state index in [2.05, 4.69) is 10.3 Å². The Morgan fingerprint density at radius 3 is 2.81 bits per heavy atom. The second-order valence-corrected chi connectivity index (χ2v) is 4.34. The van der Waals surface area contributed by atoms with Crippen LogP contribution in [0.25, 0.3) is 11.0 Å². The van der Waals surface area contributed by atoms with Crippen molar-refractivity contribution in [2.75, 3.05) is 0 Å². The quantitative estimate of drug-likeness (QED) is 0.546. The highest BCUT2D eigenvalue weighted by Crippen LogP contribution is 2.28. The average Bonchev–Trinajstić information content (AvgIpc) is 2.82. The number of hydrogen-bond acceptors (Lipinski definition) is 5. The fraction of sp³-hybridized carbons (Fsp3) is 0.0769. The first-order chi connectivity index (χ1) is 10.0. The van der Waals surface area contributed by atoms with Gasteiger partial charge in [0.2, 0.25) is 0 Å². The molecule has 3 aromatic rings. The number of nitro groups is 1. The van der Waals surface area contributed by atoms with Crippen molar-refractivity contribution in [2.45, 2.75) is 0 Å². The van der Waals surface area contributed by atoms with Crippen LogP contribution in [-0.2, 0) is 7.05 Å². The van der Waals surface area contributed by atoms with Crippen LogP contribution < -0.4 is 4.74 Å². The summed E-state index contributed by atoms with van der Waals surface area (Å²) >= 11 is 0. The fourth-order valence-electron chi connectivity index (χ4n) is 1.90. The minimum absolute atomic E-state index is 0.0937. The summed E-state index contributed by atoms with van der Waals surface area (Å²) in [7, 11) is 1.76. The van der Waals surface area contributed by atoms with Crippen molar-refractivity contribution >= 4 is 16.7 Å². The number of non-ortho nitro benzene ring substituents is 1. The van der Waals surface area contributed by atoms with Crippen LogP contribution >= 0.6 is 0 Å². The lowest BCUT2D eigenvalue weighted by Crippen LogP contribution is -1.92. The van der Waals surface area contributed by atoms with Gasteiger partial charge in [-0.3, -0.25) is 10.1 Å². The second kappa shape index (κ2) is 4.82. The third-order valence-corrected chi connectivity index (χ3v) is 2.94. The summed E-state index contributed by atoms with van der Waals surface area (Å²) in [6, 6.07) is 8.22. The maximum absolute atomic E-state index is 13.8. The molecule has 0 saturated carbocycles. The maximum atomic E-state index is 13.8. The Bertz CT molecular complexity index is 847. The molecule has 106 valence electrons. The monoisotopic (exact) mass is 288 g/mol. The van der Waals surface area contributed by atoms with E-state index in [1.165, 1.54) is 12.1 Å². The molecule has 0 amide bonds. The smallest absolute Gasteiger partial charge is 0.272 e. The Balaban J connectivity index is 1.92. The van der Waals surface area contributed by atoms with Crippen LogP contribution in [0.1, 0.15) is 0 Å². The highest BCUT2D eigenvalue weighted by Gasteiger charge is 2.13. The number of benzene rings is 2. The largest absolute Gasteiger partial charge is 0.454 e. The molecular formula is C13H9FN4O3. The van der Waals surface area contributed by atoms with E-state index in [1.807, 2.05) is 0 Å². The second-order valence-electron chi connectivity index (χ2n) is 4.34. The molecule has 0 aliphatic heterocycles. The minimum atomic E-state index is -0.802. The fourth-order valence-corrected chi connectivity index (χ4v) is 1.90. The zero-order valence-electron chi connectivity index (χ0n) is 10.9. The van der Waals surface area contributed by atoms with Gasteiger partial charge in [-0.15, -0.1) is 5.10 Å². The number of hydrogen-bond donors (Lipinski definition) is 0. The SMILES string of the molecule is Cn1nnc2cc(Oc3ccc([N+](=O)[O-])cc3F)ccc21. The summed E-state index contributed by atoms with van der Waals surface area (Å²) in [5.74, 6) is -0.525. The van der Waals surface area contributed by atoms with E-state index in [-0.39, 0.29) is 11.4 Å². The minimum Gasteiger partial charge on any atom is -0.454 e. The first kappa shape index (κ1) is 13.0. The molecule has 0 fully saturated rings. The van der Waals surface area contributed by atoms with Gasteiger partial charge in [-0.2, -0.15) is 0 Å². The number of aromatic nitrogens is 3. The lowest BCUT2D eigenvalue weighted by atomic mass is 10.2. The van der Waals surface area contributed by atoms with Crippen LogP contribution in [0.15, 0.2) is 36.4 Å². The Kier molecular flexibility index (Phi) is 2.98. The van der Waals surface area contributed by atoms with Gasteiger partial charge in [-0.05, 0) is 18.2 Å². The molecule has 0 unspecified atom stereocenters. The van der Waals surface area contributed by atoms with Crippen LogP contribution in [-0.4, -0.2) is 19.9 Å². The average molecular weight is 288 g/mol. The van der Waals surface area contributed by atoms with Gasteiger partial charge in [0, 0.05) is 19.2 Å². The van der Waals surface area contributed by atoms with Gasteiger partial charge in [0.1, 0.15) is 11.3 Å². The van der Waals surface area contributed by atoms with Gasteiger partial charge in [0.25, 0.3) is 5.69 Å². The summed E-state index contributed by atoms with van der Waals surface area (Å²) in [5.41, 5.74) is 1.09. The molecule has 3 rings (SSSR count). The van der Waals surface area contributed by atoms with Crippen molar-refractivity contribution in [1.29, 1.82) is 0 Å². The number of aryl methyl sites for hydroxylation is 1. The Hall–Kier alpha value is -3.03. The number of nitrogens with zero attached hydrogens (tertiary/aromatic N) is 4. The Morgan fingerprint density at radius 1 is 1.29 bits per heavy atom. The number of ether oxygens (including phenoxy) is 1. The molecule has 0 N–H and O–H groups in total. The first-order valence-electron chi connectivity index (χ1n) is 5.96. The van der Waals surface area contributed by atoms with Crippen LogP contribution in [0.4, 0.5) is 10.1 Å². The van der Waals surface area contributed by atoms with Gasteiger partial charge < -0.3 is 4.74 Å². The number of fused-ring (bicyclic) bond motifs is 1. The highest BCUT2D eigenvalue weighted by atomic mass is 19.1. The summed E-state index contributed by atoms with van der Waals surface area (Å²) in [4.78, 5) is 9.88. The number of halogens is 1. The van der Waals surface area contributed by atoms with Crippen molar-refractivity contribution in [3.05, 3.63) is 52.3 Å². The topological polar surface area (TPSA) is 83.1 Å². The first-order valence-corrected chi connectivity index (χ1v) is 5.96. The standard InChI is InChI=1S/C13H9FN4O3/c1-17-12-4-3-9(7-11(12)15-16-17)21-13-5-2-8(18(19)20)6-10(13)14/h2-7H,1H3. The van der Waals surface area contributed by atoms with Crippen LogP contribution in [0.3, 0.4) is 0 Å². The zero-order valence-corrected chi connectivity index (χ0v) is 10.9. The van der Waals surface area contributed by atoms with Gasteiger partial charge in [-0.1, -0.05) is 5.21 Å². The maximum Gasteiger partial charge on any atom is 0.272 e. The van der Waals surface area contributed by atoms with Gasteiger partial charge in [0.05, 0.1) is 16.5 Å². The van der Waals surface area contributed by atoms with Crippen molar-refractivity contribution in [2.24, 2.45) is 7.05 Å². The molecule has 1 heterocycles. The summed E-state index contributed by atoms with van der Waals surface area (Å²) in [6.07, 6.45) is 0. The Labute approximate surface area is 117 Å². The van der Waals surface area contributed by atoms with E-state index in [1.54, 1.807) is 29.9 Å². The summed E-state index contributed by atoms with van der Waals surface area (Å²) in [6.45, 7) is 0. The van der Waals surface area contributed by atoms with E-state index >= 15 is 0 Å². The van der Waals surface area contributed by atoms with E-state index in [4.69, 9.17) is 4.74 Å². The molecule has 0 aliphatic carbocycles. The van der Waals surface area contributed by atoms with Gasteiger partial charge in [0.15, 0.2) is 11.6 Å². The number of nitro benzene ring substituents is 1. The van der Waals surface area contributed by atoms with Crippen LogP contribution in [0.2, 0.25) is 0 Å². The summed E-state index contributed by atoms with van der Waals surface area (Å²) < 4.78 is 20.7. The van der Waals surface area contributed by atoms with Gasteiger partial charge >= 0.3 is 0 Å². The summed E-state index contributed by atoms with van der Waals surface area (Å²) in [5, 5.41) is 18.3. The van der Waals surface area contributed by atoms with Crippen molar-refractivity contribution in [1.82, 2.24) is 15.0 Å². The van der Waals surface area contributed by atoms with E-state index in [9.17, 15) is 14.5 Å². The van der Waals surface area contributed by atoms with Crippen LogP contribution in [0.5, 0.6) is 11.5 Å². The predicted octanol–water partition coefficient (Wildman–Crippen LogP) is 2.81. The highest BCUT2D eigenvalue weighted by molar-refractivity contribution is 5.76. The van der Waals surface area contributed by atoms with E-state index < -0.39 is 10.7 Å². The number of rotatable bonds is 3. The molecule has 8 heteroatoms. The predicted molar refractivity (Wildman–Crippen MR) is 71.6 cm³/mol. The third kappa shape index (κ3) is 2.38. The van der Waals surface area contributed by atoms with Crippen molar-refractivity contribution in [3.8, 4) is 11.5 Å². The molecule has 0 radical (unpaired) electrons. The van der Waals surface area contributed by atoms with Crippen molar-refractivity contribution in [3.63, 3.8) is 0 Å². The molecule has 0 aliphatic rings. The van der Waals surface area contributed by atoms with E-state index in [0.29, 0.717) is 11.3 Å². The molecule has 1 aromatic heterocycles. The third-order valence-electron chi connectivity index (χ3n) is 2.94. The lowest BCUT2D eigenvalue weighted by molar-refractivity contribution is -0.385. The molecule has 7 nitrogen and oxygen atoms in total. The van der Waals surface area contributed by atoms with E-state index in [0.717, 1.165) is 11.6 Å². The molecule has 0 saturated heterocycles. The molecule has 0 spiro atoms. The van der Waals surface area contributed by atoms with Gasteiger partial charge in [-0.25, -0.2) is 9.07 Å². The molecule has 0 atom stereocenters. The van der Waals surface area contributed by atoms with Crippen LogP contribution in [0, 0.1) is 15.9 Å². The normalized spacial score (nSPS) is 10.8. The Morgan fingerprint density at radius 2 is 2.10 bits per heavy atom. The molecule has 2 aromatic carbocycles. The lowest BCUT2D eigenvalue weighted by Gasteiger charge is -2.06. The molecule has 0 bridgehead atoms. The molecule has 21 heavy (non-hydrogen) atoms. The zero-order chi connectivity index (χ0) is 15.0.